The van der Waals surface area contributed by atoms with Crippen LogP contribution in [-0.2, 0) is 9.53 Å². The highest BCUT2D eigenvalue weighted by Crippen LogP contribution is 2.20. The van der Waals surface area contributed by atoms with Gasteiger partial charge in [-0.15, -0.1) is 0 Å². The van der Waals surface area contributed by atoms with E-state index >= 15 is 0 Å². The molecule has 1 aromatic carbocycles. The van der Waals surface area contributed by atoms with Gasteiger partial charge in [-0.2, -0.15) is 0 Å². The lowest BCUT2D eigenvalue weighted by atomic mass is 9.99. The Morgan fingerprint density at radius 1 is 1.38 bits per heavy atom. The van der Waals surface area contributed by atoms with E-state index in [1.54, 1.807) is 0 Å². The fourth-order valence-electron chi connectivity index (χ4n) is 1.46. The lowest BCUT2D eigenvalue weighted by Crippen LogP contribution is -2.16. The van der Waals surface area contributed by atoms with Gasteiger partial charge >= 0.3 is 0 Å². The number of hydrogen-bond donors (Lipinski definition) is 1. The molecule has 0 aliphatic heterocycles. The molecular formula is C13H19NO2. The highest BCUT2D eigenvalue weighted by molar-refractivity contribution is 5.91. The summed E-state index contributed by atoms with van der Waals surface area (Å²) in [6.45, 7) is 4.45. The molecule has 3 heteroatoms. The first-order valence-electron chi connectivity index (χ1n) is 5.56. The molecule has 0 aliphatic carbocycles. The Hall–Kier alpha value is -1.35. The van der Waals surface area contributed by atoms with Crippen LogP contribution in [0.25, 0.3) is 0 Å². The largest absolute Gasteiger partial charge is 0.375 e. The Morgan fingerprint density at radius 3 is 2.50 bits per heavy atom. The van der Waals surface area contributed by atoms with Crippen LogP contribution in [0.15, 0.2) is 24.3 Å². The van der Waals surface area contributed by atoms with Gasteiger partial charge in [-0.3, -0.25) is 4.79 Å². The molecule has 3 nitrogen and oxygen atoms in total. The zero-order valence-corrected chi connectivity index (χ0v) is 10.1. The summed E-state index contributed by atoms with van der Waals surface area (Å²) in [4.78, 5) is 11.3. The van der Waals surface area contributed by atoms with Crippen molar-refractivity contribution < 1.29 is 9.53 Å². The number of carbonyl (C=O) groups is 1. The number of methoxy groups -OCH3 is 1. The lowest BCUT2D eigenvalue weighted by molar-refractivity contribution is -0.119. The third kappa shape index (κ3) is 3.66. The number of nitrogens with one attached hydrogen (secondary N) is 1. The molecule has 1 rings (SSSR count). The minimum atomic E-state index is -0.126. The molecule has 0 saturated heterocycles. The number of rotatable bonds is 5. The van der Waals surface area contributed by atoms with Crippen molar-refractivity contribution >= 4 is 11.6 Å². The zero-order chi connectivity index (χ0) is 12.0. The molecular weight excluding hydrogens is 202 g/mol. The van der Waals surface area contributed by atoms with Crippen molar-refractivity contribution in [3.63, 3.8) is 0 Å². The number of ether oxygens (including phenoxy) is 1. The Morgan fingerprint density at radius 2 is 2.00 bits per heavy atom. The van der Waals surface area contributed by atoms with Crippen molar-refractivity contribution in [3.8, 4) is 0 Å². The predicted molar refractivity (Wildman–Crippen MR) is 65.7 cm³/mol. The van der Waals surface area contributed by atoms with Gasteiger partial charge in [0, 0.05) is 12.8 Å². The summed E-state index contributed by atoms with van der Waals surface area (Å²) in [5.74, 6) is 0.433. The maximum absolute atomic E-state index is 11.3. The molecule has 0 aliphatic rings. The summed E-state index contributed by atoms with van der Waals surface area (Å²) in [6, 6.07) is 7.96. The van der Waals surface area contributed by atoms with Crippen LogP contribution >= 0.6 is 0 Å². The number of amides is 1. The number of carbonyl (C=O) groups excluding carboxylic acids is 1. The molecule has 1 atom stereocenters. The molecule has 0 bridgehead atoms. The van der Waals surface area contributed by atoms with Gasteiger partial charge < -0.3 is 10.1 Å². The second-order valence-corrected chi connectivity index (χ2v) is 3.91. The van der Waals surface area contributed by atoms with Crippen LogP contribution in [0.2, 0.25) is 0 Å². The van der Waals surface area contributed by atoms with Crippen LogP contribution in [0, 0.1) is 0 Å². The standard InChI is InChI=1S/C13H19NO2/c1-4-10(2)11-5-7-12(8-6-11)14-13(15)9-16-3/h5-8,10H,4,9H2,1-3H3,(H,14,15)/t10-/m0/s1. The number of benzene rings is 1. The third-order valence-corrected chi connectivity index (χ3v) is 2.65. The number of anilines is 1. The SMILES string of the molecule is CC[C@H](C)c1ccc(NC(=O)COC)cc1. The van der Waals surface area contributed by atoms with E-state index in [2.05, 4.69) is 31.3 Å². The van der Waals surface area contributed by atoms with E-state index in [0.717, 1.165) is 12.1 Å². The van der Waals surface area contributed by atoms with Crippen molar-refractivity contribution in [2.45, 2.75) is 26.2 Å². The first kappa shape index (κ1) is 12.7. The molecule has 0 aromatic heterocycles. The summed E-state index contributed by atoms with van der Waals surface area (Å²) >= 11 is 0. The van der Waals surface area contributed by atoms with Crippen molar-refractivity contribution in [2.24, 2.45) is 0 Å². The topological polar surface area (TPSA) is 38.3 Å². The van der Waals surface area contributed by atoms with Gasteiger partial charge in [0.05, 0.1) is 0 Å². The molecule has 1 N–H and O–H groups in total. The molecule has 0 heterocycles. The molecule has 16 heavy (non-hydrogen) atoms. The number of hydrogen-bond acceptors (Lipinski definition) is 2. The maximum atomic E-state index is 11.3. The van der Waals surface area contributed by atoms with Gasteiger partial charge in [0.2, 0.25) is 5.91 Å². The lowest BCUT2D eigenvalue weighted by Gasteiger charge is -2.10. The van der Waals surface area contributed by atoms with E-state index in [1.165, 1.54) is 12.7 Å². The maximum Gasteiger partial charge on any atom is 0.250 e. The van der Waals surface area contributed by atoms with E-state index in [-0.39, 0.29) is 12.5 Å². The quantitative estimate of drug-likeness (QED) is 0.830. The normalized spacial score (nSPS) is 12.2. The van der Waals surface area contributed by atoms with Gasteiger partial charge in [-0.05, 0) is 30.0 Å². The molecule has 0 saturated carbocycles. The minimum Gasteiger partial charge on any atom is -0.375 e. The van der Waals surface area contributed by atoms with E-state index in [0.29, 0.717) is 5.92 Å². The summed E-state index contributed by atoms with van der Waals surface area (Å²) in [6.07, 6.45) is 1.12. The fraction of sp³-hybridized carbons (Fsp3) is 0.462. The van der Waals surface area contributed by atoms with Crippen LogP contribution in [0.5, 0.6) is 0 Å². The van der Waals surface area contributed by atoms with Crippen LogP contribution in [0.1, 0.15) is 31.7 Å². The average Bonchev–Trinajstić information content (AvgIpc) is 2.29. The fourth-order valence-corrected chi connectivity index (χ4v) is 1.46. The Bertz CT molecular complexity index is 332. The molecule has 0 fully saturated rings. The van der Waals surface area contributed by atoms with Gasteiger partial charge in [-0.25, -0.2) is 0 Å². The average molecular weight is 221 g/mol. The van der Waals surface area contributed by atoms with E-state index in [9.17, 15) is 4.79 Å². The summed E-state index contributed by atoms with van der Waals surface area (Å²) < 4.78 is 4.74. The highest BCUT2D eigenvalue weighted by Gasteiger charge is 2.04. The van der Waals surface area contributed by atoms with Gasteiger partial charge in [0.1, 0.15) is 6.61 Å². The first-order chi connectivity index (χ1) is 7.67. The van der Waals surface area contributed by atoms with Gasteiger partial charge in [-0.1, -0.05) is 26.0 Å². The molecule has 1 amide bonds. The zero-order valence-electron chi connectivity index (χ0n) is 10.1. The summed E-state index contributed by atoms with van der Waals surface area (Å²) in [5, 5.41) is 2.76. The predicted octanol–water partition coefficient (Wildman–Crippen LogP) is 2.79. The molecule has 0 unspecified atom stereocenters. The smallest absolute Gasteiger partial charge is 0.250 e. The molecule has 88 valence electrons. The van der Waals surface area contributed by atoms with E-state index < -0.39 is 0 Å². The monoisotopic (exact) mass is 221 g/mol. The third-order valence-electron chi connectivity index (χ3n) is 2.65. The second kappa shape index (κ2) is 6.28. The molecule has 0 spiro atoms. The summed E-state index contributed by atoms with van der Waals surface area (Å²) in [7, 11) is 1.51. The van der Waals surface area contributed by atoms with Crippen LogP contribution in [0.4, 0.5) is 5.69 Å². The highest BCUT2D eigenvalue weighted by atomic mass is 16.5. The second-order valence-electron chi connectivity index (χ2n) is 3.91. The van der Waals surface area contributed by atoms with Crippen LogP contribution in [0.3, 0.4) is 0 Å². The Labute approximate surface area is 96.8 Å². The minimum absolute atomic E-state index is 0.0904. The van der Waals surface area contributed by atoms with Crippen molar-refractivity contribution in [3.05, 3.63) is 29.8 Å². The van der Waals surface area contributed by atoms with Crippen LogP contribution < -0.4 is 5.32 Å². The van der Waals surface area contributed by atoms with Crippen molar-refractivity contribution in [2.75, 3.05) is 19.0 Å². The van der Waals surface area contributed by atoms with Crippen molar-refractivity contribution in [1.82, 2.24) is 0 Å². The molecule has 0 radical (unpaired) electrons. The Balaban J connectivity index is 2.61. The Kier molecular flexibility index (Phi) is 4.99. The first-order valence-corrected chi connectivity index (χ1v) is 5.56. The van der Waals surface area contributed by atoms with E-state index in [1.807, 2.05) is 12.1 Å². The summed E-state index contributed by atoms with van der Waals surface area (Å²) in [5.41, 5.74) is 2.11. The van der Waals surface area contributed by atoms with E-state index in [4.69, 9.17) is 4.74 Å². The van der Waals surface area contributed by atoms with Gasteiger partial charge in [0.25, 0.3) is 0 Å². The van der Waals surface area contributed by atoms with Gasteiger partial charge in [0.15, 0.2) is 0 Å². The molecule has 1 aromatic rings. The van der Waals surface area contributed by atoms with Crippen molar-refractivity contribution in [1.29, 1.82) is 0 Å². The van der Waals surface area contributed by atoms with Crippen LogP contribution in [-0.4, -0.2) is 19.6 Å².